The SMILES string of the molecule is CC1(C)CCC[C@H]1c1cc(CCl)ccc1-c1cc(OC(F)(F)F)ccc1F. The Hall–Kier alpha value is -1.75. The Balaban J connectivity index is 2.13. The van der Waals surface area contributed by atoms with Gasteiger partial charge in [-0.25, -0.2) is 4.39 Å². The van der Waals surface area contributed by atoms with Crippen molar-refractivity contribution in [1.82, 2.24) is 0 Å². The number of alkyl halides is 4. The summed E-state index contributed by atoms with van der Waals surface area (Å²) < 4.78 is 56.3. The molecule has 0 unspecified atom stereocenters. The van der Waals surface area contributed by atoms with Crippen LogP contribution in [0.15, 0.2) is 36.4 Å². The summed E-state index contributed by atoms with van der Waals surface area (Å²) in [6, 6.07) is 8.59. The summed E-state index contributed by atoms with van der Waals surface area (Å²) >= 11 is 5.99. The van der Waals surface area contributed by atoms with E-state index in [2.05, 4.69) is 18.6 Å². The predicted octanol–water partition coefficient (Wildman–Crippen LogP) is 7.42. The molecule has 1 fully saturated rings. The molecule has 2 aromatic rings. The van der Waals surface area contributed by atoms with E-state index in [0.717, 1.165) is 48.6 Å². The van der Waals surface area contributed by atoms with Crippen LogP contribution < -0.4 is 4.74 Å². The summed E-state index contributed by atoms with van der Waals surface area (Å²) in [4.78, 5) is 0. The van der Waals surface area contributed by atoms with Gasteiger partial charge in [-0.2, -0.15) is 0 Å². The van der Waals surface area contributed by atoms with E-state index in [1.165, 1.54) is 0 Å². The average Bonchev–Trinajstić information content (AvgIpc) is 2.94. The first kappa shape index (κ1) is 20.0. The van der Waals surface area contributed by atoms with Crippen LogP contribution >= 0.6 is 11.6 Å². The zero-order valence-electron chi connectivity index (χ0n) is 15.2. The summed E-state index contributed by atoms with van der Waals surface area (Å²) in [6.45, 7) is 4.34. The van der Waals surface area contributed by atoms with Gasteiger partial charge in [-0.1, -0.05) is 38.5 Å². The maximum absolute atomic E-state index is 14.6. The second-order valence-corrected chi connectivity index (χ2v) is 7.95. The van der Waals surface area contributed by atoms with Gasteiger partial charge in [0.1, 0.15) is 11.6 Å². The smallest absolute Gasteiger partial charge is 0.406 e. The predicted molar refractivity (Wildman–Crippen MR) is 98.4 cm³/mol. The molecule has 0 N–H and O–H groups in total. The van der Waals surface area contributed by atoms with E-state index in [0.29, 0.717) is 11.4 Å². The monoisotopic (exact) mass is 400 g/mol. The van der Waals surface area contributed by atoms with Crippen LogP contribution in [0.1, 0.15) is 50.2 Å². The molecule has 2 aromatic carbocycles. The van der Waals surface area contributed by atoms with Gasteiger partial charge in [-0.3, -0.25) is 0 Å². The Morgan fingerprint density at radius 2 is 1.85 bits per heavy atom. The van der Waals surface area contributed by atoms with Gasteiger partial charge in [-0.15, -0.1) is 24.8 Å². The minimum absolute atomic E-state index is 0.0240. The Kier molecular flexibility index (Phi) is 5.44. The zero-order valence-corrected chi connectivity index (χ0v) is 15.9. The van der Waals surface area contributed by atoms with Crippen LogP contribution in [0.4, 0.5) is 17.6 Å². The van der Waals surface area contributed by atoms with Gasteiger partial charge in [0, 0.05) is 11.4 Å². The highest BCUT2D eigenvalue weighted by atomic mass is 35.5. The Morgan fingerprint density at radius 3 is 2.44 bits per heavy atom. The molecule has 0 amide bonds. The average molecular weight is 401 g/mol. The van der Waals surface area contributed by atoms with Crippen LogP contribution in [-0.2, 0) is 5.88 Å². The summed E-state index contributed by atoms with van der Waals surface area (Å²) in [5, 5.41) is 0. The Labute approximate surface area is 161 Å². The molecule has 0 aromatic heterocycles. The fourth-order valence-electron chi connectivity index (χ4n) is 4.04. The first-order chi connectivity index (χ1) is 12.6. The second kappa shape index (κ2) is 7.34. The molecule has 1 nitrogen and oxygen atoms in total. The summed E-state index contributed by atoms with van der Waals surface area (Å²) in [7, 11) is 0. The van der Waals surface area contributed by atoms with E-state index in [9.17, 15) is 17.6 Å². The maximum atomic E-state index is 14.6. The molecule has 1 aliphatic rings. The Bertz CT molecular complexity index is 829. The van der Waals surface area contributed by atoms with Crippen molar-refractivity contribution in [2.45, 2.75) is 51.3 Å². The summed E-state index contributed by atoms with van der Waals surface area (Å²) in [6.07, 6.45) is -1.77. The van der Waals surface area contributed by atoms with Crippen LogP contribution in [0.5, 0.6) is 5.75 Å². The molecule has 6 heteroatoms. The van der Waals surface area contributed by atoms with Gasteiger partial charge >= 0.3 is 6.36 Å². The van der Waals surface area contributed by atoms with Crippen LogP contribution in [0, 0.1) is 11.2 Å². The molecule has 0 aliphatic heterocycles. The highest BCUT2D eigenvalue weighted by molar-refractivity contribution is 6.17. The first-order valence-electron chi connectivity index (χ1n) is 8.85. The van der Waals surface area contributed by atoms with Crippen molar-refractivity contribution in [1.29, 1.82) is 0 Å². The van der Waals surface area contributed by atoms with Crippen molar-refractivity contribution in [2.75, 3.05) is 0 Å². The third kappa shape index (κ3) is 4.40. The molecule has 146 valence electrons. The van der Waals surface area contributed by atoms with E-state index in [1.807, 2.05) is 6.07 Å². The number of hydrogen-bond donors (Lipinski definition) is 0. The van der Waals surface area contributed by atoms with E-state index < -0.39 is 17.9 Å². The molecule has 1 aliphatic carbocycles. The maximum Gasteiger partial charge on any atom is 0.573 e. The Morgan fingerprint density at radius 1 is 1.11 bits per heavy atom. The number of hydrogen-bond acceptors (Lipinski definition) is 1. The lowest BCUT2D eigenvalue weighted by atomic mass is 9.75. The molecule has 0 saturated heterocycles. The fraction of sp³-hybridized carbons (Fsp3) is 0.429. The highest BCUT2D eigenvalue weighted by Crippen LogP contribution is 2.51. The largest absolute Gasteiger partial charge is 0.573 e. The van der Waals surface area contributed by atoms with Crippen molar-refractivity contribution in [3.63, 3.8) is 0 Å². The second-order valence-electron chi connectivity index (χ2n) is 7.68. The minimum Gasteiger partial charge on any atom is -0.406 e. The normalized spacial score (nSPS) is 19.3. The van der Waals surface area contributed by atoms with E-state index in [-0.39, 0.29) is 16.9 Å². The van der Waals surface area contributed by atoms with Gasteiger partial charge in [0.15, 0.2) is 0 Å². The number of rotatable bonds is 4. The molecular formula is C21H21ClF4O. The van der Waals surface area contributed by atoms with Gasteiger partial charge in [0.25, 0.3) is 0 Å². The van der Waals surface area contributed by atoms with Crippen molar-refractivity contribution >= 4 is 11.6 Å². The molecular weight excluding hydrogens is 380 g/mol. The quantitative estimate of drug-likeness (QED) is 0.383. The molecule has 27 heavy (non-hydrogen) atoms. The van der Waals surface area contributed by atoms with Gasteiger partial charge < -0.3 is 4.74 Å². The van der Waals surface area contributed by atoms with E-state index >= 15 is 0 Å². The van der Waals surface area contributed by atoms with Gasteiger partial charge in [0.2, 0.25) is 0 Å². The molecule has 1 saturated carbocycles. The van der Waals surface area contributed by atoms with Crippen LogP contribution in [0.3, 0.4) is 0 Å². The van der Waals surface area contributed by atoms with Crippen molar-refractivity contribution < 1.29 is 22.3 Å². The fourth-order valence-corrected chi connectivity index (χ4v) is 4.21. The standard InChI is InChI=1S/C21H21ClF4O/c1-20(2)9-3-4-18(20)16-10-13(12-22)5-7-15(16)17-11-14(6-8-19(17)23)27-21(24,25)26/h5-8,10-11,18H,3-4,9,12H2,1-2H3/t18-/m0/s1. The van der Waals surface area contributed by atoms with Crippen LogP contribution in [0.25, 0.3) is 11.1 Å². The topological polar surface area (TPSA) is 9.23 Å². The number of benzene rings is 2. The van der Waals surface area contributed by atoms with Gasteiger partial charge in [0.05, 0.1) is 0 Å². The summed E-state index contributed by atoms with van der Waals surface area (Å²) in [5.74, 6) is -0.514. The lowest BCUT2D eigenvalue weighted by Gasteiger charge is -2.30. The van der Waals surface area contributed by atoms with Crippen LogP contribution in [-0.4, -0.2) is 6.36 Å². The molecule has 1 atom stereocenters. The van der Waals surface area contributed by atoms with Crippen molar-refractivity contribution in [3.8, 4) is 16.9 Å². The van der Waals surface area contributed by atoms with E-state index in [1.54, 1.807) is 12.1 Å². The lowest BCUT2D eigenvalue weighted by Crippen LogP contribution is -2.17. The van der Waals surface area contributed by atoms with Crippen molar-refractivity contribution in [3.05, 3.63) is 53.3 Å². The zero-order chi connectivity index (χ0) is 19.8. The third-order valence-electron chi connectivity index (χ3n) is 5.36. The first-order valence-corrected chi connectivity index (χ1v) is 9.38. The number of halogens is 5. The highest BCUT2D eigenvalue weighted by Gasteiger charge is 2.37. The summed E-state index contributed by atoms with van der Waals surface area (Å²) in [5.41, 5.74) is 2.56. The van der Waals surface area contributed by atoms with E-state index in [4.69, 9.17) is 11.6 Å². The molecule has 3 rings (SSSR count). The van der Waals surface area contributed by atoms with Gasteiger partial charge in [-0.05, 0) is 59.1 Å². The molecule has 0 spiro atoms. The molecule has 0 heterocycles. The molecule has 0 bridgehead atoms. The third-order valence-corrected chi connectivity index (χ3v) is 5.67. The molecule has 0 radical (unpaired) electrons. The minimum atomic E-state index is -4.83. The number of ether oxygens (including phenoxy) is 1. The lowest BCUT2D eigenvalue weighted by molar-refractivity contribution is -0.274. The van der Waals surface area contributed by atoms with Crippen LogP contribution in [0.2, 0.25) is 0 Å². The van der Waals surface area contributed by atoms with Crippen molar-refractivity contribution in [2.24, 2.45) is 5.41 Å².